The number of likely N-dealkylation sites (tertiary alicyclic amines) is 1. The van der Waals surface area contributed by atoms with Gasteiger partial charge in [0, 0.05) is 50.2 Å². The Morgan fingerprint density at radius 2 is 1.70 bits per heavy atom. The first-order chi connectivity index (χ1) is 17.6. The molecule has 0 radical (unpaired) electrons. The Balaban J connectivity index is 1.57. The Bertz CT molecular complexity index is 1110. The average molecular weight is 514 g/mol. The minimum atomic E-state index is -0.630. The van der Waals surface area contributed by atoms with Crippen LogP contribution in [-0.2, 0) is 9.53 Å². The topological polar surface area (TPSA) is 53.1 Å². The van der Waals surface area contributed by atoms with Crippen LogP contribution in [0.2, 0.25) is 0 Å². The van der Waals surface area contributed by atoms with Crippen molar-refractivity contribution in [1.82, 2.24) is 14.7 Å². The Labute approximate surface area is 218 Å². The molecule has 2 aromatic rings. The molecule has 2 saturated heterocycles. The predicted octanol–water partition coefficient (Wildman–Crippen LogP) is 5.21. The van der Waals surface area contributed by atoms with Crippen molar-refractivity contribution < 1.29 is 23.1 Å². The lowest BCUT2D eigenvalue weighted by Crippen LogP contribution is -2.48. The molecule has 2 unspecified atom stereocenters. The molecule has 0 spiro atoms. The van der Waals surface area contributed by atoms with Gasteiger partial charge in [-0.2, -0.15) is 0 Å². The molecular formula is C29H37F2N3O3. The van der Waals surface area contributed by atoms with E-state index in [0.29, 0.717) is 51.1 Å². The van der Waals surface area contributed by atoms with Gasteiger partial charge in [-0.05, 0) is 50.8 Å². The zero-order valence-corrected chi connectivity index (χ0v) is 22.1. The maximum atomic E-state index is 14.9. The fraction of sp³-hybridized carbons (Fsp3) is 0.517. The maximum absolute atomic E-state index is 14.9. The zero-order valence-electron chi connectivity index (χ0n) is 22.1. The molecule has 6 nitrogen and oxygen atoms in total. The van der Waals surface area contributed by atoms with Gasteiger partial charge in [-0.15, -0.1) is 0 Å². The van der Waals surface area contributed by atoms with Gasteiger partial charge in [0.2, 0.25) is 5.91 Å². The molecule has 2 aliphatic heterocycles. The lowest BCUT2D eigenvalue weighted by atomic mass is 9.87. The van der Waals surface area contributed by atoms with Crippen molar-refractivity contribution in [2.45, 2.75) is 51.1 Å². The highest BCUT2D eigenvalue weighted by Gasteiger charge is 2.44. The van der Waals surface area contributed by atoms with Crippen molar-refractivity contribution >= 4 is 12.0 Å². The first-order valence-corrected chi connectivity index (χ1v) is 13.0. The molecule has 0 bridgehead atoms. The van der Waals surface area contributed by atoms with Crippen LogP contribution in [0.25, 0.3) is 0 Å². The van der Waals surface area contributed by atoms with Crippen LogP contribution in [0.3, 0.4) is 0 Å². The lowest BCUT2D eigenvalue weighted by Gasteiger charge is -2.37. The van der Waals surface area contributed by atoms with E-state index >= 15 is 0 Å². The van der Waals surface area contributed by atoms with Crippen LogP contribution < -0.4 is 0 Å². The van der Waals surface area contributed by atoms with E-state index in [0.717, 1.165) is 11.6 Å². The number of halogens is 2. The Kier molecular flexibility index (Phi) is 8.17. The summed E-state index contributed by atoms with van der Waals surface area (Å²) < 4.78 is 33.6. The second-order valence-electron chi connectivity index (χ2n) is 11.0. The average Bonchev–Trinajstić information content (AvgIpc) is 3.30. The van der Waals surface area contributed by atoms with E-state index in [2.05, 4.69) is 25.7 Å². The third-order valence-electron chi connectivity index (χ3n) is 7.75. The summed E-state index contributed by atoms with van der Waals surface area (Å²) in [6.45, 7) is 8.49. The molecule has 0 N–H and O–H groups in total. The van der Waals surface area contributed by atoms with Crippen LogP contribution >= 0.6 is 0 Å². The van der Waals surface area contributed by atoms with E-state index in [1.54, 1.807) is 4.90 Å². The number of ether oxygens (including phenoxy) is 1. The lowest BCUT2D eigenvalue weighted by molar-refractivity contribution is -0.136. The monoisotopic (exact) mass is 513 g/mol. The second kappa shape index (κ2) is 11.2. The largest absolute Gasteiger partial charge is 0.453 e. The summed E-state index contributed by atoms with van der Waals surface area (Å²) in [5.41, 5.74) is 1.21. The van der Waals surface area contributed by atoms with Crippen molar-refractivity contribution in [3.63, 3.8) is 0 Å². The SMILES string of the molecule is COC(=O)N1CCN(C(=O)C2CN(C(C)(C)C)C[C@H]2c2ccc(F)cc2F)CCCC1c1ccccc1. The van der Waals surface area contributed by atoms with Gasteiger partial charge >= 0.3 is 6.09 Å². The van der Waals surface area contributed by atoms with Crippen LogP contribution in [0.15, 0.2) is 48.5 Å². The number of hydrogen-bond acceptors (Lipinski definition) is 4. The molecule has 37 heavy (non-hydrogen) atoms. The Hall–Kier alpha value is -3.00. The molecule has 2 aromatic carbocycles. The standard InChI is InChI=1S/C29H37F2N3O3/c1-29(2,3)33-18-23(22-13-12-21(30)17-25(22)31)24(19-33)27(35)32-14-8-11-26(20-9-6-5-7-10-20)34(16-15-32)28(36)37-4/h5-7,9-10,12-13,17,23-24,26H,8,11,14-16,18-19H2,1-4H3/t23-,24?,26?/m0/s1. The molecular weight excluding hydrogens is 476 g/mol. The van der Waals surface area contributed by atoms with Crippen molar-refractivity contribution in [3.05, 3.63) is 71.3 Å². The minimum absolute atomic E-state index is 0.0524. The number of amides is 2. The van der Waals surface area contributed by atoms with E-state index in [1.807, 2.05) is 35.2 Å². The Morgan fingerprint density at radius 3 is 2.35 bits per heavy atom. The van der Waals surface area contributed by atoms with Gasteiger partial charge in [-0.3, -0.25) is 14.6 Å². The van der Waals surface area contributed by atoms with Crippen molar-refractivity contribution in [2.24, 2.45) is 5.92 Å². The summed E-state index contributed by atoms with van der Waals surface area (Å²) in [7, 11) is 1.37. The third kappa shape index (κ3) is 5.95. The number of hydrogen-bond donors (Lipinski definition) is 0. The van der Waals surface area contributed by atoms with Gasteiger partial charge in [-0.1, -0.05) is 36.4 Å². The number of carbonyl (C=O) groups excluding carboxylic acids is 2. The summed E-state index contributed by atoms with van der Waals surface area (Å²) in [4.78, 5) is 32.4. The molecule has 200 valence electrons. The Morgan fingerprint density at radius 1 is 0.973 bits per heavy atom. The van der Waals surface area contributed by atoms with Gasteiger partial charge in [0.25, 0.3) is 0 Å². The molecule has 0 saturated carbocycles. The normalized spacial score (nSPS) is 23.5. The summed E-state index contributed by atoms with van der Waals surface area (Å²) in [5, 5.41) is 0. The zero-order chi connectivity index (χ0) is 26.7. The van der Waals surface area contributed by atoms with E-state index in [4.69, 9.17) is 4.74 Å². The fourth-order valence-electron chi connectivity index (χ4n) is 5.66. The predicted molar refractivity (Wildman–Crippen MR) is 138 cm³/mol. The van der Waals surface area contributed by atoms with E-state index in [9.17, 15) is 18.4 Å². The molecule has 0 aromatic heterocycles. The van der Waals surface area contributed by atoms with Crippen molar-refractivity contribution in [3.8, 4) is 0 Å². The van der Waals surface area contributed by atoms with Crippen LogP contribution in [0, 0.1) is 17.6 Å². The molecule has 2 fully saturated rings. The quantitative estimate of drug-likeness (QED) is 0.566. The summed E-state index contributed by atoms with van der Waals surface area (Å²) in [6, 6.07) is 13.4. The second-order valence-corrected chi connectivity index (χ2v) is 11.0. The number of nitrogens with zero attached hydrogens (tertiary/aromatic N) is 3. The molecule has 4 rings (SSSR count). The highest BCUT2D eigenvalue weighted by atomic mass is 19.1. The highest BCUT2D eigenvalue weighted by molar-refractivity contribution is 5.81. The van der Waals surface area contributed by atoms with E-state index < -0.39 is 23.6 Å². The molecule has 2 amide bonds. The maximum Gasteiger partial charge on any atom is 0.410 e. The molecule has 0 aliphatic carbocycles. The highest BCUT2D eigenvalue weighted by Crippen LogP contribution is 2.39. The molecule has 2 aliphatic rings. The number of carbonyl (C=O) groups is 2. The van der Waals surface area contributed by atoms with Gasteiger partial charge in [0.15, 0.2) is 0 Å². The smallest absolute Gasteiger partial charge is 0.410 e. The van der Waals surface area contributed by atoms with Gasteiger partial charge in [0.05, 0.1) is 19.1 Å². The van der Waals surface area contributed by atoms with Crippen LogP contribution in [0.1, 0.15) is 56.7 Å². The van der Waals surface area contributed by atoms with Gasteiger partial charge < -0.3 is 9.64 Å². The van der Waals surface area contributed by atoms with Crippen molar-refractivity contribution in [2.75, 3.05) is 39.8 Å². The number of methoxy groups -OCH3 is 1. The number of benzene rings is 2. The van der Waals surface area contributed by atoms with E-state index in [1.165, 1.54) is 19.2 Å². The molecule has 3 atom stereocenters. The van der Waals surface area contributed by atoms with Gasteiger partial charge in [-0.25, -0.2) is 13.6 Å². The molecule has 2 heterocycles. The third-order valence-corrected chi connectivity index (χ3v) is 7.75. The number of rotatable bonds is 3. The van der Waals surface area contributed by atoms with Crippen LogP contribution in [0.5, 0.6) is 0 Å². The minimum Gasteiger partial charge on any atom is -0.453 e. The summed E-state index contributed by atoms with van der Waals surface area (Å²) >= 11 is 0. The van der Waals surface area contributed by atoms with Crippen molar-refractivity contribution in [1.29, 1.82) is 0 Å². The van der Waals surface area contributed by atoms with Crippen LogP contribution in [-0.4, -0.2) is 72.1 Å². The van der Waals surface area contributed by atoms with Gasteiger partial charge in [0.1, 0.15) is 11.6 Å². The fourth-order valence-corrected chi connectivity index (χ4v) is 5.66. The van der Waals surface area contributed by atoms with Crippen LogP contribution in [0.4, 0.5) is 13.6 Å². The summed E-state index contributed by atoms with van der Waals surface area (Å²) in [5.74, 6) is -2.15. The first kappa shape index (κ1) is 27.0. The van der Waals surface area contributed by atoms with E-state index in [-0.39, 0.29) is 23.4 Å². The first-order valence-electron chi connectivity index (χ1n) is 13.0. The molecule has 8 heteroatoms. The summed E-state index contributed by atoms with van der Waals surface area (Å²) in [6.07, 6.45) is 0.982.